The monoisotopic (exact) mass is 300 g/mol. The van der Waals surface area contributed by atoms with Crippen molar-refractivity contribution < 1.29 is 9.90 Å². The Bertz CT molecular complexity index is 790. The van der Waals surface area contributed by atoms with Crippen LogP contribution in [-0.4, -0.2) is 11.1 Å². The van der Waals surface area contributed by atoms with E-state index in [-0.39, 0.29) is 0 Å². The van der Waals surface area contributed by atoms with Gasteiger partial charge in [0.1, 0.15) is 0 Å². The van der Waals surface area contributed by atoms with E-state index in [0.717, 1.165) is 9.79 Å². The molecule has 0 bridgehead atoms. The van der Waals surface area contributed by atoms with Crippen molar-refractivity contribution in [3.63, 3.8) is 0 Å². The SMILES string of the molecule is Cc1ccc2scc(Sc3ccccc3C(=O)O)c2c1. The average molecular weight is 300 g/mol. The molecule has 0 amide bonds. The third kappa shape index (κ3) is 2.44. The van der Waals surface area contributed by atoms with Gasteiger partial charge in [-0.05, 0) is 31.2 Å². The van der Waals surface area contributed by atoms with Crippen LogP contribution in [0.2, 0.25) is 0 Å². The first kappa shape index (κ1) is 13.2. The predicted octanol–water partition coefficient (Wildman–Crippen LogP) is 5.06. The number of fused-ring (bicyclic) bond motifs is 1. The summed E-state index contributed by atoms with van der Waals surface area (Å²) in [6, 6.07) is 13.5. The van der Waals surface area contributed by atoms with Gasteiger partial charge in [-0.25, -0.2) is 4.79 Å². The first-order valence-electron chi connectivity index (χ1n) is 6.13. The Kier molecular flexibility index (Phi) is 3.51. The number of rotatable bonds is 3. The minimum atomic E-state index is -0.885. The Hall–Kier alpha value is -1.78. The fourth-order valence-electron chi connectivity index (χ4n) is 2.05. The van der Waals surface area contributed by atoms with Gasteiger partial charge in [0.15, 0.2) is 0 Å². The predicted molar refractivity (Wildman–Crippen MR) is 84.1 cm³/mol. The van der Waals surface area contributed by atoms with E-state index < -0.39 is 5.97 Å². The zero-order valence-corrected chi connectivity index (χ0v) is 12.4. The molecule has 2 aromatic carbocycles. The summed E-state index contributed by atoms with van der Waals surface area (Å²) in [6.07, 6.45) is 0. The standard InChI is InChI=1S/C16H12O2S2/c1-10-6-7-13-12(8-10)15(9-19-13)20-14-5-3-2-4-11(14)16(17)18/h2-9H,1H3,(H,17,18). The first-order chi connectivity index (χ1) is 9.65. The number of carboxylic acids is 1. The van der Waals surface area contributed by atoms with Crippen LogP contribution >= 0.6 is 23.1 Å². The number of carboxylic acid groups (broad SMARTS) is 1. The molecule has 0 aliphatic heterocycles. The van der Waals surface area contributed by atoms with Crippen LogP contribution < -0.4 is 0 Å². The lowest BCUT2D eigenvalue weighted by Crippen LogP contribution is -1.97. The molecular weight excluding hydrogens is 288 g/mol. The van der Waals surface area contributed by atoms with Crippen LogP contribution in [0.5, 0.6) is 0 Å². The number of hydrogen-bond donors (Lipinski definition) is 1. The van der Waals surface area contributed by atoms with Crippen LogP contribution in [0.4, 0.5) is 0 Å². The first-order valence-corrected chi connectivity index (χ1v) is 7.83. The van der Waals surface area contributed by atoms with E-state index in [1.54, 1.807) is 23.5 Å². The molecule has 1 aromatic heterocycles. The van der Waals surface area contributed by atoms with E-state index in [1.165, 1.54) is 27.4 Å². The second kappa shape index (κ2) is 5.31. The maximum atomic E-state index is 11.3. The Balaban J connectivity index is 2.06. The Morgan fingerprint density at radius 1 is 1.15 bits per heavy atom. The van der Waals surface area contributed by atoms with Gasteiger partial charge in [-0.2, -0.15) is 0 Å². The van der Waals surface area contributed by atoms with Gasteiger partial charge in [-0.15, -0.1) is 11.3 Å². The third-order valence-electron chi connectivity index (χ3n) is 3.03. The van der Waals surface area contributed by atoms with Gasteiger partial charge in [0.2, 0.25) is 0 Å². The van der Waals surface area contributed by atoms with Crippen molar-refractivity contribution >= 4 is 39.2 Å². The topological polar surface area (TPSA) is 37.3 Å². The smallest absolute Gasteiger partial charge is 0.336 e. The summed E-state index contributed by atoms with van der Waals surface area (Å²) in [7, 11) is 0. The van der Waals surface area contributed by atoms with Crippen molar-refractivity contribution in [3.8, 4) is 0 Å². The quantitative estimate of drug-likeness (QED) is 0.734. The van der Waals surface area contributed by atoms with Crippen molar-refractivity contribution in [1.29, 1.82) is 0 Å². The molecule has 4 heteroatoms. The van der Waals surface area contributed by atoms with Gasteiger partial charge in [0, 0.05) is 25.3 Å². The summed E-state index contributed by atoms with van der Waals surface area (Å²) >= 11 is 3.20. The zero-order chi connectivity index (χ0) is 14.1. The Morgan fingerprint density at radius 3 is 2.75 bits per heavy atom. The van der Waals surface area contributed by atoms with Crippen molar-refractivity contribution in [2.24, 2.45) is 0 Å². The highest BCUT2D eigenvalue weighted by Gasteiger charge is 2.12. The molecule has 3 rings (SSSR count). The number of aromatic carboxylic acids is 1. The van der Waals surface area contributed by atoms with Gasteiger partial charge < -0.3 is 5.11 Å². The number of aryl methyl sites for hydroxylation is 1. The van der Waals surface area contributed by atoms with E-state index in [1.807, 2.05) is 12.1 Å². The van der Waals surface area contributed by atoms with Crippen molar-refractivity contribution in [2.45, 2.75) is 16.7 Å². The van der Waals surface area contributed by atoms with Crippen LogP contribution in [0.1, 0.15) is 15.9 Å². The van der Waals surface area contributed by atoms with Crippen molar-refractivity contribution in [2.75, 3.05) is 0 Å². The molecule has 0 saturated heterocycles. The number of benzene rings is 2. The Morgan fingerprint density at radius 2 is 1.95 bits per heavy atom. The average Bonchev–Trinajstić information content (AvgIpc) is 2.82. The molecule has 1 N–H and O–H groups in total. The van der Waals surface area contributed by atoms with E-state index in [4.69, 9.17) is 0 Å². The molecule has 0 spiro atoms. The maximum Gasteiger partial charge on any atom is 0.336 e. The molecular formula is C16H12O2S2. The molecule has 20 heavy (non-hydrogen) atoms. The molecule has 0 unspecified atom stereocenters. The molecule has 100 valence electrons. The van der Waals surface area contributed by atoms with Crippen LogP contribution in [0.15, 0.2) is 57.6 Å². The molecule has 0 radical (unpaired) electrons. The molecule has 0 saturated carbocycles. The fourth-order valence-corrected chi connectivity index (χ4v) is 4.18. The number of carbonyl (C=O) groups is 1. The van der Waals surface area contributed by atoms with Crippen molar-refractivity contribution in [3.05, 3.63) is 59.0 Å². The second-order valence-electron chi connectivity index (χ2n) is 4.50. The highest BCUT2D eigenvalue weighted by atomic mass is 32.2. The lowest BCUT2D eigenvalue weighted by Gasteiger charge is -2.05. The van der Waals surface area contributed by atoms with Gasteiger partial charge in [-0.3, -0.25) is 0 Å². The fraction of sp³-hybridized carbons (Fsp3) is 0.0625. The van der Waals surface area contributed by atoms with Gasteiger partial charge in [-0.1, -0.05) is 35.5 Å². The Labute approximate surface area is 125 Å². The van der Waals surface area contributed by atoms with Gasteiger partial charge in [0.25, 0.3) is 0 Å². The van der Waals surface area contributed by atoms with E-state index in [2.05, 4.69) is 30.5 Å². The van der Waals surface area contributed by atoms with Crippen LogP contribution in [0.25, 0.3) is 10.1 Å². The van der Waals surface area contributed by atoms with Crippen LogP contribution in [0.3, 0.4) is 0 Å². The lowest BCUT2D eigenvalue weighted by atomic mass is 10.2. The molecule has 0 aliphatic rings. The summed E-state index contributed by atoms with van der Waals surface area (Å²) in [5.41, 5.74) is 1.56. The summed E-state index contributed by atoms with van der Waals surface area (Å²) in [4.78, 5) is 13.1. The number of thiophene rings is 1. The molecule has 2 nitrogen and oxygen atoms in total. The minimum absolute atomic E-state index is 0.351. The molecule has 0 fully saturated rings. The number of hydrogen-bond acceptors (Lipinski definition) is 3. The molecule has 1 heterocycles. The summed E-state index contributed by atoms with van der Waals surface area (Å²) < 4.78 is 1.23. The normalized spacial score (nSPS) is 10.8. The molecule has 0 atom stereocenters. The summed E-state index contributed by atoms with van der Waals surface area (Å²) in [5.74, 6) is -0.885. The highest BCUT2D eigenvalue weighted by Crippen LogP contribution is 2.39. The minimum Gasteiger partial charge on any atom is -0.478 e. The maximum absolute atomic E-state index is 11.3. The van der Waals surface area contributed by atoms with Crippen molar-refractivity contribution in [1.82, 2.24) is 0 Å². The largest absolute Gasteiger partial charge is 0.478 e. The second-order valence-corrected chi connectivity index (χ2v) is 6.50. The van der Waals surface area contributed by atoms with Crippen LogP contribution in [-0.2, 0) is 0 Å². The van der Waals surface area contributed by atoms with Gasteiger partial charge >= 0.3 is 5.97 Å². The van der Waals surface area contributed by atoms with E-state index in [9.17, 15) is 9.90 Å². The van der Waals surface area contributed by atoms with E-state index in [0.29, 0.717) is 5.56 Å². The summed E-state index contributed by atoms with van der Waals surface area (Å²) in [6.45, 7) is 2.07. The lowest BCUT2D eigenvalue weighted by molar-refractivity contribution is 0.0693. The zero-order valence-electron chi connectivity index (χ0n) is 10.8. The molecule has 0 aliphatic carbocycles. The van der Waals surface area contributed by atoms with E-state index >= 15 is 0 Å². The summed E-state index contributed by atoms with van der Waals surface area (Å²) in [5, 5.41) is 12.5. The highest BCUT2D eigenvalue weighted by molar-refractivity contribution is 7.99. The van der Waals surface area contributed by atoms with Crippen LogP contribution in [0, 0.1) is 6.92 Å². The third-order valence-corrected chi connectivity index (χ3v) is 5.28. The molecule has 3 aromatic rings. The van der Waals surface area contributed by atoms with Gasteiger partial charge in [0.05, 0.1) is 5.56 Å².